The molecule has 306 valence electrons. The van der Waals surface area contributed by atoms with Gasteiger partial charge < -0.3 is 20.2 Å². The van der Waals surface area contributed by atoms with Crippen LogP contribution in [0.4, 0.5) is 10.2 Å². The molecule has 5 aromatic rings. The van der Waals surface area contributed by atoms with Crippen molar-refractivity contribution in [3.05, 3.63) is 136 Å². The van der Waals surface area contributed by atoms with Crippen molar-refractivity contribution in [1.29, 1.82) is 0 Å². The Hall–Kier alpha value is -4.75. The third kappa shape index (κ3) is 6.54. The molecule has 3 N–H and O–H groups in total. The molecule has 9 rings (SSSR count). The number of fused-ring (bicyclic) bond motifs is 3. The van der Waals surface area contributed by atoms with E-state index in [1.54, 1.807) is 12.1 Å². The zero-order valence-electron chi connectivity index (χ0n) is 32.8. The Morgan fingerprint density at radius 3 is 2.29 bits per heavy atom. The molecule has 2 aliphatic heterocycles. The van der Waals surface area contributed by atoms with Gasteiger partial charge in [-0.2, -0.15) is 0 Å². The second kappa shape index (κ2) is 15.4. The van der Waals surface area contributed by atoms with Crippen LogP contribution in [0, 0.1) is 11.2 Å². The summed E-state index contributed by atoms with van der Waals surface area (Å²) in [5.41, 5.74) is -0.959. The highest BCUT2D eigenvalue weighted by Crippen LogP contribution is 2.69. The summed E-state index contributed by atoms with van der Waals surface area (Å²) in [6.45, 7) is 4.41. The first-order chi connectivity index (χ1) is 28.4. The van der Waals surface area contributed by atoms with Gasteiger partial charge in [0.05, 0.1) is 18.2 Å². The number of anilines is 1. The number of benzene rings is 2. The molecule has 11 nitrogen and oxygen atoms in total. The minimum Gasteiger partial charge on any atom is -0.428 e. The van der Waals surface area contributed by atoms with Crippen LogP contribution in [0.15, 0.2) is 95.9 Å². The first-order valence-electron chi connectivity index (χ1n) is 20.4. The number of aromatic nitrogens is 4. The molecule has 5 heterocycles. The van der Waals surface area contributed by atoms with Crippen LogP contribution in [-0.2, 0) is 15.0 Å². The van der Waals surface area contributed by atoms with Gasteiger partial charge in [0, 0.05) is 35.2 Å². The van der Waals surface area contributed by atoms with Crippen LogP contribution in [0.25, 0.3) is 0 Å². The van der Waals surface area contributed by atoms with Gasteiger partial charge >= 0.3 is 0 Å². The number of amides is 2. The highest BCUT2D eigenvalue weighted by molar-refractivity contribution is 6.30. The summed E-state index contributed by atoms with van der Waals surface area (Å²) in [6.07, 6.45) is 6.50. The molecule has 2 aromatic carbocycles. The van der Waals surface area contributed by atoms with Crippen molar-refractivity contribution < 1.29 is 23.5 Å². The molecule has 1 saturated heterocycles. The number of nitrogens with one attached hydrogen (secondary N) is 2. The Morgan fingerprint density at radius 2 is 1.63 bits per heavy atom. The van der Waals surface area contributed by atoms with E-state index in [0.29, 0.717) is 68.4 Å². The molecule has 3 aromatic heterocycles. The van der Waals surface area contributed by atoms with Crippen LogP contribution in [0.1, 0.15) is 117 Å². The average molecular weight is 839 g/mol. The van der Waals surface area contributed by atoms with Crippen molar-refractivity contribution in [2.24, 2.45) is 5.41 Å². The first kappa shape index (κ1) is 39.7. The van der Waals surface area contributed by atoms with Crippen LogP contribution in [-0.4, -0.2) is 59.6 Å². The van der Waals surface area contributed by atoms with E-state index in [9.17, 15) is 5.11 Å². The van der Waals surface area contributed by atoms with Crippen LogP contribution >= 0.6 is 23.2 Å². The highest BCUT2D eigenvalue weighted by Gasteiger charge is 2.77. The lowest BCUT2D eigenvalue weighted by molar-refractivity contribution is -0.137. The maximum atomic E-state index is 17.1. The lowest BCUT2D eigenvalue weighted by Crippen LogP contribution is -2.64. The minimum absolute atomic E-state index is 0.0630. The number of halogens is 3. The molecule has 3 fully saturated rings. The van der Waals surface area contributed by atoms with E-state index in [4.69, 9.17) is 27.6 Å². The Balaban J connectivity index is 1.31. The van der Waals surface area contributed by atoms with E-state index in [1.807, 2.05) is 60.7 Å². The van der Waals surface area contributed by atoms with E-state index in [2.05, 4.69) is 49.5 Å². The van der Waals surface area contributed by atoms with E-state index in [-0.39, 0.29) is 45.0 Å². The van der Waals surface area contributed by atoms with Crippen molar-refractivity contribution in [1.82, 2.24) is 30.4 Å². The van der Waals surface area contributed by atoms with E-state index in [1.165, 1.54) is 18.7 Å². The molecule has 59 heavy (non-hydrogen) atoms. The number of rotatable bonds is 8. The quantitative estimate of drug-likeness (QED) is 0.131. The second-order valence-corrected chi connectivity index (χ2v) is 18.1. The van der Waals surface area contributed by atoms with E-state index >= 15 is 14.0 Å². The fourth-order valence-corrected chi connectivity index (χ4v) is 11.3. The smallest absolute Gasteiger partial charge is 0.238 e. The van der Waals surface area contributed by atoms with E-state index < -0.39 is 46.8 Å². The first-order valence-corrected chi connectivity index (χ1v) is 21.1. The van der Waals surface area contributed by atoms with E-state index in [0.717, 1.165) is 5.56 Å². The average Bonchev–Trinajstić information content (AvgIpc) is 3.94. The Kier molecular flexibility index (Phi) is 10.3. The summed E-state index contributed by atoms with van der Waals surface area (Å²) in [4.78, 5) is 42.3. The Bertz CT molecular complexity index is 2340. The molecule has 1 unspecified atom stereocenters. The van der Waals surface area contributed by atoms with Gasteiger partial charge in [0.1, 0.15) is 16.4 Å². The zero-order valence-corrected chi connectivity index (χ0v) is 34.3. The van der Waals surface area contributed by atoms with Gasteiger partial charge in [0.15, 0.2) is 11.0 Å². The molecule has 0 bridgehead atoms. The molecule has 2 spiro atoms. The summed E-state index contributed by atoms with van der Waals surface area (Å²) >= 11 is 13.0. The van der Waals surface area contributed by atoms with Gasteiger partial charge in [-0.15, -0.1) is 10.2 Å². The number of carbonyl (C=O) groups excluding carboxylic acids is 2. The number of pyridine rings is 2. The minimum atomic E-state index is -1.62. The van der Waals surface area contributed by atoms with Crippen molar-refractivity contribution in [3.63, 3.8) is 0 Å². The largest absolute Gasteiger partial charge is 0.428 e. The van der Waals surface area contributed by atoms with Crippen LogP contribution in [0.3, 0.4) is 0 Å². The van der Waals surface area contributed by atoms with Crippen molar-refractivity contribution in [2.75, 3.05) is 5.32 Å². The summed E-state index contributed by atoms with van der Waals surface area (Å²) in [5, 5.41) is 27.2. The number of likely N-dealkylation sites (tertiary alicyclic amines) is 1. The summed E-state index contributed by atoms with van der Waals surface area (Å²) in [6, 6.07) is 21.6. The maximum absolute atomic E-state index is 17.1. The number of aliphatic hydroxyl groups is 1. The predicted octanol–water partition coefficient (Wildman–Crippen LogP) is 8.62. The van der Waals surface area contributed by atoms with Crippen molar-refractivity contribution in [3.8, 4) is 0 Å². The molecular weight excluding hydrogens is 792 g/mol. The van der Waals surface area contributed by atoms with Gasteiger partial charge in [-0.1, -0.05) is 104 Å². The van der Waals surface area contributed by atoms with Crippen molar-refractivity contribution in [2.45, 2.75) is 112 Å². The second-order valence-electron chi connectivity index (χ2n) is 17.4. The summed E-state index contributed by atoms with van der Waals surface area (Å²) < 4.78 is 22.6. The van der Waals surface area contributed by atoms with Crippen LogP contribution < -0.4 is 10.6 Å². The van der Waals surface area contributed by atoms with Crippen molar-refractivity contribution >= 4 is 40.8 Å². The molecule has 2 saturated carbocycles. The summed E-state index contributed by atoms with van der Waals surface area (Å²) in [7, 11) is 0. The zero-order chi connectivity index (χ0) is 41.1. The van der Waals surface area contributed by atoms with Crippen LogP contribution in [0.5, 0.6) is 0 Å². The molecule has 2 amide bonds. The lowest BCUT2D eigenvalue weighted by Gasteiger charge is -2.56. The third-order valence-electron chi connectivity index (χ3n) is 13.8. The monoisotopic (exact) mass is 837 g/mol. The maximum Gasteiger partial charge on any atom is 0.238 e. The third-order valence-corrected chi connectivity index (χ3v) is 14.3. The SMILES string of the molecule is CC1(C)CCC2(CC1)N([C@H](c1ccccc1)[C@@H](O)c1ccccc1)[C@@H](C(=O)N[C@H]1CC[C@H](c3nnco3)CC1)[C@H](c1ccnc(Cl)c1F)C21C(=O)Nc2nc(Cl)ccc21. The lowest BCUT2D eigenvalue weighted by atomic mass is 9.53. The number of hydrogen-bond donors (Lipinski definition) is 3. The Labute approximate surface area is 352 Å². The van der Waals surface area contributed by atoms with Gasteiger partial charge in [-0.05, 0) is 85.6 Å². The van der Waals surface area contributed by atoms with Gasteiger partial charge in [0.2, 0.25) is 24.1 Å². The highest BCUT2D eigenvalue weighted by atomic mass is 35.5. The number of aliphatic hydroxyl groups excluding tert-OH is 1. The number of carbonyl (C=O) groups is 2. The standard InChI is InChI=1S/C45H46Cl2FN7O4/c1-43(2)20-22-44(23-21-43)45(31-17-18-32(46)52-39(31)53-42(45)58)33(30-19-24-49-38(47)34(30)48)36(40(57)51-29-15-13-28(14-16-29)41-54-50-25-59-41)55(44)35(26-9-5-3-6-10-26)37(56)27-11-7-4-8-12-27/h3-12,17-19,24-25,28-29,33,35-37,56H,13-16,20-23H2,1-2H3,(H,51,57)(H,52,53,58)/t28-,29-,33-,35+,36+,37-,45?/m0/s1. The van der Waals surface area contributed by atoms with Gasteiger partial charge in [-0.25, -0.2) is 14.4 Å². The van der Waals surface area contributed by atoms with Crippen LogP contribution in [0.2, 0.25) is 10.3 Å². The molecule has 4 aliphatic rings. The molecule has 5 atom stereocenters. The fraction of sp³-hybridized carbons (Fsp3) is 0.422. The molecule has 14 heteroatoms. The normalized spacial score (nSPS) is 27.0. The molecule has 0 radical (unpaired) electrons. The van der Waals surface area contributed by atoms with Gasteiger partial charge in [0.25, 0.3) is 0 Å². The number of nitrogens with zero attached hydrogens (tertiary/aromatic N) is 5. The van der Waals surface area contributed by atoms with Gasteiger partial charge in [-0.3, -0.25) is 14.5 Å². The topological polar surface area (TPSA) is 146 Å². The number of hydrogen-bond acceptors (Lipinski definition) is 9. The molecule has 2 aliphatic carbocycles. The molecular formula is C45H46Cl2FN7O4. The summed E-state index contributed by atoms with van der Waals surface area (Å²) in [5.74, 6) is -1.88. The fourth-order valence-electron chi connectivity index (χ4n) is 11.0. The predicted molar refractivity (Wildman–Crippen MR) is 220 cm³/mol. The Morgan fingerprint density at radius 1 is 0.949 bits per heavy atom.